The molecule has 0 aliphatic heterocycles. The first kappa shape index (κ1) is 16.6. The molecule has 1 N–H and O–H groups in total. The number of pyridine rings is 1. The fourth-order valence-electron chi connectivity index (χ4n) is 2.66. The van der Waals surface area contributed by atoms with Gasteiger partial charge < -0.3 is 10.1 Å². The zero-order chi connectivity index (χ0) is 18.8. The van der Waals surface area contributed by atoms with Crippen molar-refractivity contribution in [3.8, 4) is 17.1 Å². The van der Waals surface area contributed by atoms with Gasteiger partial charge in [-0.15, -0.1) is 5.10 Å². The van der Waals surface area contributed by atoms with Crippen LogP contribution in [0.3, 0.4) is 0 Å². The number of rotatable bonds is 4. The molecule has 0 spiro atoms. The lowest BCUT2D eigenvalue weighted by Gasteiger charge is -2.08. The van der Waals surface area contributed by atoms with Crippen molar-refractivity contribution < 1.29 is 9.53 Å². The normalized spacial score (nSPS) is 10.7. The van der Waals surface area contributed by atoms with Crippen molar-refractivity contribution in [2.24, 2.45) is 0 Å². The van der Waals surface area contributed by atoms with E-state index in [0.29, 0.717) is 28.5 Å². The smallest absolute Gasteiger partial charge is 0.259 e. The molecule has 0 radical (unpaired) electrons. The third-order valence-corrected chi connectivity index (χ3v) is 4.14. The molecule has 0 aliphatic carbocycles. The van der Waals surface area contributed by atoms with Crippen LogP contribution in [0, 0.1) is 6.92 Å². The van der Waals surface area contributed by atoms with Crippen LogP contribution in [0.25, 0.3) is 17.2 Å². The highest BCUT2D eigenvalue weighted by Gasteiger charge is 2.16. The molecule has 3 heterocycles. The van der Waals surface area contributed by atoms with Crippen LogP contribution in [-0.4, -0.2) is 37.6 Å². The number of nitrogens with one attached hydrogen (secondary N) is 1. The first-order valence-corrected chi connectivity index (χ1v) is 8.24. The van der Waals surface area contributed by atoms with E-state index in [0.717, 1.165) is 11.3 Å². The largest absolute Gasteiger partial charge is 0.497 e. The Balaban J connectivity index is 1.65. The van der Waals surface area contributed by atoms with Gasteiger partial charge in [0.15, 0.2) is 5.82 Å². The maximum Gasteiger partial charge on any atom is 0.259 e. The lowest BCUT2D eigenvalue weighted by atomic mass is 10.2. The summed E-state index contributed by atoms with van der Waals surface area (Å²) in [5.41, 5.74) is 2.57. The van der Waals surface area contributed by atoms with Crippen LogP contribution in [0.5, 0.6) is 5.75 Å². The molecule has 134 valence electrons. The monoisotopic (exact) mass is 360 g/mol. The van der Waals surface area contributed by atoms with E-state index in [1.165, 1.54) is 6.20 Å². The summed E-state index contributed by atoms with van der Waals surface area (Å²) in [6.45, 7) is 1.81. The van der Waals surface area contributed by atoms with Gasteiger partial charge in [0.25, 0.3) is 11.7 Å². The lowest BCUT2D eigenvalue weighted by molar-refractivity contribution is 0.102. The molecule has 0 atom stereocenters. The molecule has 0 bridgehead atoms. The molecular weight excluding hydrogens is 344 g/mol. The summed E-state index contributed by atoms with van der Waals surface area (Å²) in [5.74, 6) is 1.41. The zero-order valence-corrected chi connectivity index (χ0v) is 14.7. The van der Waals surface area contributed by atoms with Crippen LogP contribution in [0.4, 0.5) is 5.69 Å². The van der Waals surface area contributed by atoms with Crippen LogP contribution < -0.4 is 10.1 Å². The van der Waals surface area contributed by atoms with Crippen LogP contribution in [0.15, 0.2) is 55.0 Å². The summed E-state index contributed by atoms with van der Waals surface area (Å²) in [6, 6.07) is 10.7. The van der Waals surface area contributed by atoms with E-state index < -0.39 is 0 Å². The molecule has 27 heavy (non-hydrogen) atoms. The van der Waals surface area contributed by atoms with Crippen LogP contribution in [-0.2, 0) is 0 Å². The van der Waals surface area contributed by atoms with Crippen molar-refractivity contribution in [3.63, 3.8) is 0 Å². The minimum absolute atomic E-state index is 0.270. The van der Waals surface area contributed by atoms with Gasteiger partial charge in [0.2, 0.25) is 0 Å². The lowest BCUT2D eigenvalue weighted by Crippen LogP contribution is -2.16. The number of carbonyl (C=O) groups is 1. The van der Waals surface area contributed by atoms with E-state index in [-0.39, 0.29) is 5.91 Å². The third kappa shape index (κ3) is 3.20. The average Bonchev–Trinajstić information content (AvgIpc) is 3.15. The van der Waals surface area contributed by atoms with Gasteiger partial charge in [-0.05, 0) is 43.3 Å². The number of amides is 1. The van der Waals surface area contributed by atoms with Gasteiger partial charge in [-0.25, -0.2) is 9.50 Å². The average molecular weight is 360 g/mol. The van der Waals surface area contributed by atoms with E-state index in [9.17, 15) is 4.79 Å². The molecule has 8 nitrogen and oxygen atoms in total. The third-order valence-electron chi connectivity index (χ3n) is 4.14. The number of carbonyl (C=O) groups excluding carboxylic acids is 1. The van der Waals surface area contributed by atoms with Crippen LogP contribution in [0.2, 0.25) is 0 Å². The van der Waals surface area contributed by atoms with Crippen LogP contribution >= 0.6 is 0 Å². The summed E-state index contributed by atoms with van der Waals surface area (Å²) in [5, 5.41) is 7.32. The quantitative estimate of drug-likeness (QED) is 0.601. The van der Waals surface area contributed by atoms with E-state index in [1.54, 1.807) is 48.3 Å². The fourth-order valence-corrected chi connectivity index (χ4v) is 2.66. The first-order chi connectivity index (χ1) is 13.2. The van der Waals surface area contributed by atoms with E-state index in [2.05, 4.69) is 25.4 Å². The summed E-state index contributed by atoms with van der Waals surface area (Å²) in [6.07, 6.45) is 4.86. The molecule has 0 saturated carbocycles. The molecule has 0 fully saturated rings. The maximum absolute atomic E-state index is 12.7. The van der Waals surface area contributed by atoms with Gasteiger partial charge in [0.1, 0.15) is 5.75 Å². The summed E-state index contributed by atoms with van der Waals surface area (Å²) >= 11 is 0. The number of hydrogen-bond acceptors (Lipinski definition) is 6. The molecule has 4 aromatic rings. The van der Waals surface area contributed by atoms with Crippen molar-refractivity contribution in [3.05, 3.63) is 66.2 Å². The molecular formula is C19H16N6O2. The number of fused-ring (bicyclic) bond motifs is 1. The Bertz CT molecular complexity index is 1110. The second-order valence-electron chi connectivity index (χ2n) is 5.82. The number of ether oxygens (including phenoxy) is 1. The minimum atomic E-state index is -0.270. The Morgan fingerprint density at radius 2 is 1.85 bits per heavy atom. The second-order valence-corrected chi connectivity index (χ2v) is 5.82. The highest BCUT2D eigenvalue weighted by Crippen LogP contribution is 2.19. The summed E-state index contributed by atoms with van der Waals surface area (Å²) in [7, 11) is 1.59. The van der Waals surface area contributed by atoms with Crippen molar-refractivity contribution >= 4 is 17.4 Å². The predicted octanol–water partition coefficient (Wildman–Crippen LogP) is 2.76. The van der Waals surface area contributed by atoms with E-state index in [1.807, 2.05) is 19.1 Å². The summed E-state index contributed by atoms with van der Waals surface area (Å²) in [4.78, 5) is 25.3. The van der Waals surface area contributed by atoms with Gasteiger partial charge in [-0.2, -0.15) is 4.98 Å². The van der Waals surface area contributed by atoms with Gasteiger partial charge in [-0.1, -0.05) is 0 Å². The SMILES string of the molecule is COc1ccc(NC(=O)c2cnc3nc(-c4ccncc4)nn3c2C)cc1. The Hall–Kier alpha value is -3.81. The molecule has 1 amide bonds. The zero-order valence-electron chi connectivity index (χ0n) is 14.7. The van der Waals surface area contributed by atoms with E-state index >= 15 is 0 Å². The van der Waals surface area contributed by atoms with Gasteiger partial charge in [0, 0.05) is 29.8 Å². The number of nitrogens with zero attached hydrogens (tertiary/aromatic N) is 5. The molecule has 0 unspecified atom stereocenters. The Morgan fingerprint density at radius 3 is 2.56 bits per heavy atom. The molecule has 4 rings (SSSR count). The van der Waals surface area contributed by atoms with Gasteiger partial charge >= 0.3 is 0 Å². The van der Waals surface area contributed by atoms with Crippen molar-refractivity contribution in [2.45, 2.75) is 6.92 Å². The molecule has 0 saturated heterocycles. The molecule has 1 aromatic carbocycles. The van der Waals surface area contributed by atoms with Crippen LogP contribution in [0.1, 0.15) is 16.1 Å². The van der Waals surface area contributed by atoms with Crippen molar-refractivity contribution in [2.75, 3.05) is 12.4 Å². The minimum Gasteiger partial charge on any atom is -0.497 e. The molecule has 0 aliphatic rings. The maximum atomic E-state index is 12.7. The number of methoxy groups -OCH3 is 1. The second kappa shape index (κ2) is 6.83. The Kier molecular flexibility index (Phi) is 4.21. The number of benzene rings is 1. The predicted molar refractivity (Wildman–Crippen MR) is 99.7 cm³/mol. The number of aromatic nitrogens is 5. The number of hydrogen-bond donors (Lipinski definition) is 1. The Labute approximate surface area is 154 Å². The summed E-state index contributed by atoms with van der Waals surface area (Å²) < 4.78 is 6.69. The molecule has 3 aromatic heterocycles. The van der Waals surface area contributed by atoms with Crippen molar-refractivity contribution in [1.82, 2.24) is 24.6 Å². The fraction of sp³-hybridized carbons (Fsp3) is 0.105. The standard InChI is InChI=1S/C19H16N6O2/c1-12-16(18(26)22-14-3-5-15(27-2)6-4-14)11-21-19-23-17(24-25(12)19)13-7-9-20-10-8-13/h3-11H,1-2H3,(H,22,26). The first-order valence-electron chi connectivity index (χ1n) is 8.24. The van der Waals surface area contributed by atoms with Crippen molar-refractivity contribution in [1.29, 1.82) is 0 Å². The topological polar surface area (TPSA) is 94.3 Å². The Morgan fingerprint density at radius 1 is 1.11 bits per heavy atom. The molecule has 8 heteroatoms. The highest BCUT2D eigenvalue weighted by atomic mass is 16.5. The number of aryl methyl sites for hydroxylation is 1. The van der Waals surface area contributed by atoms with Gasteiger partial charge in [-0.3, -0.25) is 9.78 Å². The number of anilines is 1. The highest BCUT2D eigenvalue weighted by molar-refractivity contribution is 6.04. The van der Waals surface area contributed by atoms with E-state index in [4.69, 9.17) is 4.74 Å². The van der Waals surface area contributed by atoms with Gasteiger partial charge in [0.05, 0.1) is 18.4 Å².